The molecule has 0 amide bonds. The Morgan fingerprint density at radius 2 is 1.96 bits per heavy atom. The van der Waals surface area contributed by atoms with Crippen LogP contribution in [0.4, 0.5) is 8.78 Å². The van der Waals surface area contributed by atoms with E-state index in [1.165, 1.54) is 17.2 Å². The summed E-state index contributed by atoms with van der Waals surface area (Å²) in [6, 6.07) is 11.1. The zero-order valence-electron chi connectivity index (χ0n) is 15.1. The molecule has 142 valence electrons. The van der Waals surface area contributed by atoms with Crippen LogP contribution in [0.25, 0.3) is 0 Å². The molecule has 0 spiro atoms. The lowest BCUT2D eigenvalue weighted by Gasteiger charge is -2.22. The third-order valence-corrected chi connectivity index (χ3v) is 5.35. The van der Waals surface area contributed by atoms with Gasteiger partial charge in [0, 0.05) is 11.3 Å². The van der Waals surface area contributed by atoms with Crippen LogP contribution in [0.15, 0.2) is 41.4 Å². The third kappa shape index (κ3) is 4.03. The molecule has 2 aliphatic heterocycles. The molecule has 0 aromatic heterocycles. The molecule has 0 aliphatic carbocycles. The number of aryl methyl sites for hydroxylation is 2. The van der Waals surface area contributed by atoms with Gasteiger partial charge in [0.05, 0.1) is 12.6 Å². The van der Waals surface area contributed by atoms with E-state index < -0.39 is 6.29 Å². The Morgan fingerprint density at radius 3 is 2.67 bits per heavy atom. The van der Waals surface area contributed by atoms with Gasteiger partial charge in [0.15, 0.2) is 16.7 Å². The van der Waals surface area contributed by atoms with Gasteiger partial charge in [0.1, 0.15) is 0 Å². The van der Waals surface area contributed by atoms with E-state index in [9.17, 15) is 8.78 Å². The zero-order chi connectivity index (χ0) is 19.0. The van der Waals surface area contributed by atoms with Crippen LogP contribution in [0, 0.1) is 13.8 Å². The maximum Gasteiger partial charge on any atom is 0.586 e. The highest BCUT2D eigenvalue weighted by Gasteiger charge is 2.45. The van der Waals surface area contributed by atoms with Crippen molar-refractivity contribution < 1.29 is 18.3 Å². The van der Waals surface area contributed by atoms with Gasteiger partial charge < -0.3 is 14.8 Å². The van der Waals surface area contributed by atoms with Gasteiger partial charge in [-0.15, -0.1) is 8.78 Å². The summed E-state index contributed by atoms with van der Waals surface area (Å²) in [5.41, 5.74) is 4.09. The summed E-state index contributed by atoms with van der Waals surface area (Å²) in [6.45, 7) is 4.86. The summed E-state index contributed by atoms with van der Waals surface area (Å²) in [4.78, 5) is 4.45. The number of benzene rings is 2. The molecule has 27 heavy (non-hydrogen) atoms. The first-order valence-corrected chi connectivity index (χ1v) is 9.78. The molecule has 4 nitrogen and oxygen atoms in total. The molecule has 0 radical (unpaired) electrons. The number of alkyl halides is 2. The van der Waals surface area contributed by atoms with E-state index in [4.69, 9.17) is 4.74 Å². The maximum absolute atomic E-state index is 13.6. The molecule has 2 aromatic carbocycles. The number of para-hydroxylation sites is 1. The number of ether oxygens (including phenoxy) is 2. The smallest absolute Gasteiger partial charge is 0.395 e. The summed E-state index contributed by atoms with van der Waals surface area (Å²) < 4.78 is 36.7. The Balaban J connectivity index is 1.70. The first-order valence-electron chi connectivity index (χ1n) is 8.79. The van der Waals surface area contributed by atoms with Crippen molar-refractivity contribution in [2.24, 2.45) is 4.99 Å². The summed E-state index contributed by atoms with van der Waals surface area (Å²) in [5, 5.41) is 4.24. The minimum atomic E-state index is -3.64. The number of hydrogen-bond acceptors (Lipinski definition) is 5. The number of thioether (sulfide) groups is 1. The van der Waals surface area contributed by atoms with E-state index in [0.717, 1.165) is 23.0 Å². The minimum Gasteiger partial charge on any atom is -0.395 e. The largest absolute Gasteiger partial charge is 0.586 e. The molecule has 0 fully saturated rings. The third-order valence-electron chi connectivity index (χ3n) is 4.44. The van der Waals surface area contributed by atoms with E-state index in [1.807, 2.05) is 13.8 Å². The lowest BCUT2D eigenvalue weighted by Crippen LogP contribution is -2.29. The lowest BCUT2D eigenvalue weighted by molar-refractivity contribution is -0.287. The molecular formula is C20H20F2N2O2S. The molecule has 1 unspecified atom stereocenters. The summed E-state index contributed by atoms with van der Waals surface area (Å²) >= 11 is 1.63. The average Bonchev–Trinajstić information content (AvgIpc) is 3.18. The van der Waals surface area contributed by atoms with Crippen molar-refractivity contribution in [2.45, 2.75) is 32.6 Å². The van der Waals surface area contributed by atoms with E-state index in [1.54, 1.807) is 23.9 Å². The normalized spacial score (nSPS) is 18.3. The molecule has 7 heteroatoms. The fourth-order valence-corrected chi connectivity index (χ4v) is 4.28. The Bertz CT molecular complexity index is 881. The second kappa shape index (κ2) is 7.03. The van der Waals surface area contributed by atoms with Crippen molar-refractivity contribution in [3.05, 3.63) is 58.7 Å². The van der Waals surface area contributed by atoms with E-state index in [2.05, 4.69) is 33.2 Å². The van der Waals surface area contributed by atoms with Crippen molar-refractivity contribution in [1.82, 2.24) is 5.32 Å². The number of hydrogen-bond donors (Lipinski definition) is 1. The van der Waals surface area contributed by atoms with Gasteiger partial charge in [0.2, 0.25) is 0 Å². The number of halogens is 2. The Hall–Kier alpha value is -2.28. The standard InChI is InChI=1S/C20H20F2N2O2S/c1-12-8-13(2)10-14(9-12)11-16(24-19-23-6-7-27-19)15-4-3-5-17-18(15)26-20(21,22)25-17/h3-5,8-10,16H,6-7,11H2,1-2H3,(H,23,24). The first kappa shape index (κ1) is 18.1. The second-order valence-corrected chi connectivity index (χ2v) is 7.86. The van der Waals surface area contributed by atoms with Crippen LogP contribution in [0.2, 0.25) is 0 Å². The number of amidine groups is 1. The van der Waals surface area contributed by atoms with Crippen molar-refractivity contribution >= 4 is 16.9 Å². The van der Waals surface area contributed by atoms with Gasteiger partial charge in [0.25, 0.3) is 0 Å². The predicted molar refractivity (Wildman–Crippen MR) is 103 cm³/mol. The quantitative estimate of drug-likeness (QED) is 0.829. The van der Waals surface area contributed by atoms with Gasteiger partial charge >= 0.3 is 6.29 Å². The average molecular weight is 390 g/mol. The van der Waals surface area contributed by atoms with Gasteiger partial charge in [-0.25, -0.2) is 0 Å². The number of nitrogens with zero attached hydrogens (tertiary/aromatic N) is 1. The molecule has 0 saturated carbocycles. The molecule has 1 N–H and O–H groups in total. The number of aliphatic imine (C=N–C) groups is 1. The predicted octanol–water partition coefficient (Wildman–Crippen LogP) is 4.60. The Morgan fingerprint density at radius 1 is 1.19 bits per heavy atom. The van der Waals surface area contributed by atoms with Crippen molar-refractivity contribution in [2.75, 3.05) is 12.3 Å². The molecule has 1 atom stereocenters. The van der Waals surface area contributed by atoms with Crippen molar-refractivity contribution in [3.63, 3.8) is 0 Å². The molecule has 0 bridgehead atoms. The van der Waals surface area contributed by atoms with Crippen LogP contribution >= 0.6 is 11.8 Å². The van der Waals surface area contributed by atoms with Crippen LogP contribution in [-0.2, 0) is 6.42 Å². The topological polar surface area (TPSA) is 42.9 Å². The van der Waals surface area contributed by atoms with E-state index >= 15 is 0 Å². The molecule has 2 heterocycles. The summed E-state index contributed by atoms with van der Waals surface area (Å²) in [7, 11) is 0. The minimum absolute atomic E-state index is 0.0609. The van der Waals surface area contributed by atoms with E-state index in [0.29, 0.717) is 12.0 Å². The maximum atomic E-state index is 13.6. The van der Waals surface area contributed by atoms with Crippen LogP contribution in [-0.4, -0.2) is 23.8 Å². The summed E-state index contributed by atoms with van der Waals surface area (Å²) in [5.74, 6) is 1.07. The molecule has 4 rings (SSSR count). The molecule has 2 aromatic rings. The number of rotatable bonds is 4. The Kier molecular flexibility index (Phi) is 4.72. The van der Waals surface area contributed by atoms with Gasteiger partial charge in [-0.2, -0.15) is 0 Å². The zero-order valence-corrected chi connectivity index (χ0v) is 15.9. The van der Waals surface area contributed by atoms with E-state index in [-0.39, 0.29) is 17.5 Å². The monoisotopic (exact) mass is 390 g/mol. The van der Waals surface area contributed by atoms with Crippen molar-refractivity contribution in [1.29, 1.82) is 0 Å². The van der Waals surface area contributed by atoms with Gasteiger partial charge in [-0.05, 0) is 31.9 Å². The highest BCUT2D eigenvalue weighted by molar-refractivity contribution is 8.14. The van der Waals surface area contributed by atoms with Crippen LogP contribution < -0.4 is 14.8 Å². The molecule has 0 saturated heterocycles. The summed E-state index contributed by atoms with van der Waals surface area (Å²) in [6.07, 6.45) is -3.02. The van der Waals surface area contributed by atoms with Gasteiger partial charge in [-0.1, -0.05) is 53.2 Å². The number of fused-ring (bicyclic) bond motifs is 1. The van der Waals surface area contributed by atoms with Crippen LogP contribution in [0.5, 0.6) is 11.5 Å². The second-order valence-electron chi connectivity index (χ2n) is 6.77. The van der Waals surface area contributed by atoms with Crippen LogP contribution in [0.3, 0.4) is 0 Å². The molecule has 2 aliphatic rings. The highest BCUT2D eigenvalue weighted by atomic mass is 32.2. The first-order chi connectivity index (χ1) is 12.9. The lowest BCUT2D eigenvalue weighted by atomic mass is 9.96. The molecular weight excluding hydrogens is 370 g/mol. The SMILES string of the molecule is Cc1cc(C)cc(CC(NC2=NCCS2)c2cccc3c2OC(F)(F)O3)c1. The fourth-order valence-electron chi connectivity index (χ4n) is 3.50. The van der Waals surface area contributed by atoms with Crippen molar-refractivity contribution in [3.8, 4) is 11.5 Å². The van der Waals surface area contributed by atoms with Gasteiger partial charge in [-0.3, -0.25) is 4.99 Å². The fraction of sp³-hybridized carbons (Fsp3) is 0.350. The highest BCUT2D eigenvalue weighted by Crippen LogP contribution is 2.45. The number of nitrogens with one attached hydrogen (secondary N) is 1. The Labute approximate surface area is 161 Å². The van der Waals surface area contributed by atoms with Crippen LogP contribution in [0.1, 0.15) is 28.3 Å².